The number of hydrogen-bond acceptors (Lipinski definition) is 3. The summed E-state index contributed by atoms with van der Waals surface area (Å²) in [6.07, 6.45) is 3.37. The quantitative estimate of drug-likeness (QED) is 0.562. The fourth-order valence-corrected chi connectivity index (χ4v) is 1.10. The lowest BCUT2D eigenvalue weighted by molar-refractivity contribution is -0.152. The zero-order valence-corrected chi connectivity index (χ0v) is 9.28. The lowest BCUT2D eigenvalue weighted by Crippen LogP contribution is -2.25. The zero-order chi connectivity index (χ0) is 11.5. The van der Waals surface area contributed by atoms with Gasteiger partial charge in [-0.05, 0) is 26.8 Å². The van der Waals surface area contributed by atoms with E-state index in [1.165, 1.54) is 0 Å². The molecule has 0 aliphatic rings. The Labute approximate surface area is 89.8 Å². The zero-order valence-electron chi connectivity index (χ0n) is 9.28. The van der Waals surface area contributed by atoms with Gasteiger partial charge >= 0.3 is 5.97 Å². The van der Waals surface area contributed by atoms with Gasteiger partial charge in [0.15, 0.2) is 0 Å². The van der Waals surface area contributed by atoms with Crippen molar-refractivity contribution < 1.29 is 9.53 Å². The molecule has 0 unspecified atom stereocenters. The molecule has 80 valence electrons. The Morgan fingerprint density at radius 1 is 1.53 bits per heavy atom. The topological polar surface area (TPSA) is 39.2 Å². The number of carbonyl (C=O) groups is 1. The van der Waals surface area contributed by atoms with Crippen molar-refractivity contribution in [1.29, 1.82) is 0 Å². The van der Waals surface area contributed by atoms with Gasteiger partial charge in [-0.2, -0.15) is 0 Å². The van der Waals surface area contributed by atoms with Crippen molar-refractivity contribution in [1.82, 2.24) is 4.98 Å². The predicted octanol–water partition coefficient (Wildman–Crippen LogP) is 2.44. The van der Waals surface area contributed by atoms with Gasteiger partial charge in [0.2, 0.25) is 0 Å². The average Bonchev–Trinajstić information content (AvgIpc) is 2.18. The molecule has 0 fully saturated rings. The highest BCUT2D eigenvalue weighted by Gasteiger charge is 2.25. The number of aromatic nitrogens is 1. The highest BCUT2D eigenvalue weighted by molar-refractivity contribution is 5.87. The van der Waals surface area contributed by atoms with Crippen molar-refractivity contribution in [2.75, 3.05) is 0 Å². The van der Waals surface area contributed by atoms with Crippen molar-refractivity contribution >= 4 is 5.97 Å². The maximum atomic E-state index is 11.4. The van der Waals surface area contributed by atoms with E-state index in [2.05, 4.69) is 11.6 Å². The van der Waals surface area contributed by atoms with E-state index in [0.717, 1.165) is 5.56 Å². The standard InChI is InChI=1S/C12H15NO2/c1-9(2)11(14)15-12(3,4)10-6-5-7-13-8-10/h5-8H,1H2,2-4H3. The van der Waals surface area contributed by atoms with E-state index >= 15 is 0 Å². The van der Waals surface area contributed by atoms with Crippen molar-refractivity contribution in [3.05, 3.63) is 42.2 Å². The molecule has 0 saturated carbocycles. The SMILES string of the molecule is C=C(C)C(=O)OC(C)(C)c1cccnc1. The minimum atomic E-state index is -0.676. The smallest absolute Gasteiger partial charge is 0.333 e. The predicted molar refractivity (Wildman–Crippen MR) is 58.2 cm³/mol. The van der Waals surface area contributed by atoms with Crippen LogP contribution in [0.4, 0.5) is 0 Å². The van der Waals surface area contributed by atoms with Crippen molar-refractivity contribution in [3.8, 4) is 0 Å². The molecule has 0 amide bonds. The normalized spacial score (nSPS) is 10.9. The Balaban J connectivity index is 2.85. The highest BCUT2D eigenvalue weighted by Crippen LogP contribution is 2.24. The number of rotatable bonds is 3. The van der Waals surface area contributed by atoms with Crippen LogP contribution >= 0.6 is 0 Å². The van der Waals surface area contributed by atoms with Crippen molar-refractivity contribution in [3.63, 3.8) is 0 Å². The summed E-state index contributed by atoms with van der Waals surface area (Å²) < 4.78 is 5.31. The molecule has 0 N–H and O–H groups in total. The number of carbonyl (C=O) groups excluding carboxylic acids is 1. The van der Waals surface area contributed by atoms with E-state index in [-0.39, 0.29) is 5.97 Å². The summed E-state index contributed by atoms with van der Waals surface area (Å²) in [5.41, 5.74) is 0.580. The Morgan fingerprint density at radius 3 is 2.67 bits per heavy atom. The molecule has 0 atom stereocenters. The number of ether oxygens (including phenoxy) is 1. The number of pyridine rings is 1. The van der Waals surface area contributed by atoms with E-state index in [1.807, 2.05) is 26.0 Å². The lowest BCUT2D eigenvalue weighted by atomic mass is 10.0. The molecule has 15 heavy (non-hydrogen) atoms. The van der Waals surface area contributed by atoms with Crippen LogP contribution in [0.1, 0.15) is 26.3 Å². The second-order valence-electron chi connectivity index (χ2n) is 3.92. The van der Waals surface area contributed by atoms with Gasteiger partial charge in [0.05, 0.1) is 0 Å². The van der Waals surface area contributed by atoms with Gasteiger partial charge in [-0.25, -0.2) is 4.79 Å². The molecular formula is C12H15NO2. The first-order valence-corrected chi connectivity index (χ1v) is 4.73. The molecule has 1 rings (SSSR count). The Hall–Kier alpha value is -1.64. The van der Waals surface area contributed by atoms with Crippen LogP contribution in [0.2, 0.25) is 0 Å². The molecule has 1 heterocycles. The number of hydrogen-bond donors (Lipinski definition) is 0. The van der Waals surface area contributed by atoms with Crippen LogP contribution in [0.5, 0.6) is 0 Å². The summed E-state index contributed by atoms with van der Waals surface area (Å²) >= 11 is 0. The third-order valence-corrected chi connectivity index (χ3v) is 2.05. The van der Waals surface area contributed by atoms with Crippen LogP contribution in [0.25, 0.3) is 0 Å². The minimum Gasteiger partial charge on any atom is -0.451 e. The van der Waals surface area contributed by atoms with Crippen LogP contribution in [-0.4, -0.2) is 11.0 Å². The Kier molecular flexibility index (Phi) is 3.24. The van der Waals surface area contributed by atoms with Crippen molar-refractivity contribution in [2.24, 2.45) is 0 Å². The van der Waals surface area contributed by atoms with E-state index in [9.17, 15) is 4.79 Å². The van der Waals surface area contributed by atoms with Gasteiger partial charge in [-0.1, -0.05) is 12.6 Å². The third kappa shape index (κ3) is 2.91. The molecule has 0 saturated heterocycles. The molecule has 0 bridgehead atoms. The van der Waals surface area contributed by atoms with Gasteiger partial charge in [0.1, 0.15) is 5.60 Å². The van der Waals surface area contributed by atoms with Gasteiger partial charge < -0.3 is 4.74 Å². The van der Waals surface area contributed by atoms with Gasteiger partial charge in [-0.3, -0.25) is 4.98 Å². The molecular weight excluding hydrogens is 190 g/mol. The molecule has 3 nitrogen and oxygen atoms in total. The fourth-order valence-electron chi connectivity index (χ4n) is 1.10. The molecule has 3 heteroatoms. The van der Waals surface area contributed by atoms with Crippen LogP contribution in [0.15, 0.2) is 36.7 Å². The lowest BCUT2D eigenvalue weighted by Gasteiger charge is -2.25. The van der Waals surface area contributed by atoms with E-state index in [0.29, 0.717) is 5.57 Å². The first-order valence-electron chi connectivity index (χ1n) is 4.73. The number of nitrogens with zero attached hydrogens (tertiary/aromatic N) is 1. The summed E-state index contributed by atoms with van der Waals surface area (Å²) in [4.78, 5) is 15.4. The number of esters is 1. The molecule has 0 radical (unpaired) electrons. The summed E-state index contributed by atoms with van der Waals surface area (Å²) in [6, 6.07) is 3.68. The minimum absolute atomic E-state index is 0.385. The largest absolute Gasteiger partial charge is 0.451 e. The second-order valence-corrected chi connectivity index (χ2v) is 3.92. The summed E-state index contributed by atoms with van der Waals surface area (Å²) in [5.74, 6) is -0.385. The highest BCUT2D eigenvalue weighted by atomic mass is 16.6. The van der Waals surface area contributed by atoms with E-state index < -0.39 is 5.60 Å². The van der Waals surface area contributed by atoms with Gasteiger partial charge in [0, 0.05) is 23.5 Å². The summed E-state index contributed by atoms with van der Waals surface area (Å²) in [5, 5.41) is 0. The van der Waals surface area contributed by atoms with Crippen LogP contribution < -0.4 is 0 Å². The first kappa shape index (κ1) is 11.4. The molecule has 1 aromatic heterocycles. The van der Waals surface area contributed by atoms with Crippen LogP contribution in [0, 0.1) is 0 Å². The molecule has 0 spiro atoms. The Morgan fingerprint density at radius 2 is 2.20 bits per heavy atom. The molecule has 0 aliphatic heterocycles. The van der Waals surface area contributed by atoms with Gasteiger partial charge in [0.25, 0.3) is 0 Å². The van der Waals surface area contributed by atoms with E-state index in [1.54, 1.807) is 19.3 Å². The summed E-state index contributed by atoms with van der Waals surface area (Å²) in [6.45, 7) is 8.82. The summed E-state index contributed by atoms with van der Waals surface area (Å²) in [7, 11) is 0. The molecule has 0 aliphatic carbocycles. The second kappa shape index (κ2) is 4.26. The Bertz CT molecular complexity index is 368. The maximum Gasteiger partial charge on any atom is 0.333 e. The van der Waals surface area contributed by atoms with Crippen LogP contribution in [-0.2, 0) is 15.1 Å². The first-order chi connectivity index (χ1) is 6.93. The fraction of sp³-hybridized carbons (Fsp3) is 0.333. The average molecular weight is 205 g/mol. The molecule has 0 aromatic carbocycles. The van der Waals surface area contributed by atoms with Crippen molar-refractivity contribution in [2.45, 2.75) is 26.4 Å². The monoisotopic (exact) mass is 205 g/mol. The van der Waals surface area contributed by atoms with Crippen LogP contribution in [0.3, 0.4) is 0 Å². The van der Waals surface area contributed by atoms with E-state index in [4.69, 9.17) is 4.74 Å². The molecule has 1 aromatic rings. The maximum absolute atomic E-state index is 11.4. The van der Waals surface area contributed by atoms with Gasteiger partial charge in [-0.15, -0.1) is 0 Å². The third-order valence-electron chi connectivity index (χ3n) is 2.05.